The Morgan fingerprint density at radius 2 is 1.53 bits per heavy atom. The third-order valence-corrected chi connectivity index (χ3v) is 3.86. The van der Waals surface area contributed by atoms with E-state index in [4.69, 9.17) is 0 Å². The Balaban J connectivity index is 1.93. The van der Waals surface area contributed by atoms with Crippen molar-refractivity contribution in [3.8, 4) is 0 Å². The minimum atomic E-state index is -0.468. The van der Waals surface area contributed by atoms with Crippen LogP contribution in [0.15, 0.2) is 48.5 Å². The monoisotopic (exact) mass is 324 g/mol. The quantitative estimate of drug-likeness (QED) is 0.686. The Morgan fingerprint density at radius 3 is 2.16 bits per heavy atom. The van der Waals surface area contributed by atoms with E-state index in [0.717, 1.165) is 12.8 Å². The summed E-state index contributed by atoms with van der Waals surface area (Å²) >= 11 is 3.51. The fourth-order valence-electron chi connectivity index (χ4n) is 2.02. The molecule has 0 radical (unpaired) electrons. The van der Waals surface area contributed by atoms with E-state index in [2.05, 4.69) is 28.1 Å². The van der Waals surface area contributed by atoms with Crippen molar-refractivity contribution in [2.45, 2.75) is 24.1 Å². The van der Waals surface area contributed by atoms with Gasteiger partial charge in [-0.2, -0.15) is 0 Å². The molecule has 0 heterocycles. The van der Waals surface area contributed by atoms with Gasteiger partial charge in [0.2, 0.25) is 0 Å². The molecule has 0 N–H and O–H groups in total. The van der Waals surface area contributed by atoms with Crippen LogP contribution in [0, 0.1) is 11.6 Å². The molecular formula is C16H15BrF2. The standard InChI is InChI=1S/C16H15BrF2/c17-13(10-9-12-5-2-1-3-6-12)11-14-15(18)7-4-8-16(14)19/h1-8,13H,9-11H2. The zero-order valence-corrected chi connectivity index (χ0v) is 12.0. The van der Waals surface area contributed by atoms with Gasteiger partial charge in [0.15, 0.2) is 0 Å². The maximum absolute atomic E-state index is 13.5. The van der Waals surface area contributed by atoms with Crippen molar-refractivity contribution in [3.63, 3.8) is 0 Å². The van der Waals surface area contributed by atoms with Crippen LogP contribution in [-0.4, -0.2) is 4.83 Å². The van der Waals surface area contributed by atoms with E-state index in [1.807, 2.05) is 18.2 Å². The van der Waals surface area contributed by atoms with Gasteiger partial charge in [-0.05, 0) is 37.0 Å². The van der Waals surface area contributed by atoms with Gasteiger partial charge in [-0.1, -0.05) is 52.3 Å². The van der Waals surface area contributed by atoms with Gasteiger partial charge in [0, 0.05) is 10.4 Å². The number of hydrogen-bond donors (Lipinski definition) is 0. The lowest BCUT2D eigenvalue weighted by Gasteiger charge is -2.11. The molecule has 2 aromatic carbocycles. The fraction of sp³-hybridized carbons (Fsp3) is 0.250. The molecule has 0 bridgehead atoms. The summed E-state index contributed by atoms with van der Waals surface area (Å²) in [5.41, 5.74) is 1.40. The zero-order chi connectivity index (χ0) is 13.7. The van der Waals surface area contributed by atoms with E-state index in [9.17, 15) is 8.78 Å². The lowest BCUT2D eigenvalue weighted by molar-refractivity contribution is 0.550. The van der Waals surface area contributed by atoms with Gasteiger partial charge < -0.3 is 0 Å². The van der Waals surface area contributed by atoms with Gasteiger partial charge in [0.1, 0.15) is 11.6 Å². The third kappa shape index (κ3) is 4.13. The molecule has 0 spiro atoms. The molecule has 0 aromatic heterocycles. The highest BCUT2D eigenvalue weighted by molar-refractivity contribution is 9.09. The first-order valence-corrected chi connectivity index (χ1v) is 7.19. The Hall–Kier alpha value is -1.22. The van der Waals surface area contributed by atoms with Crippen LogP contribution in [0.4, 0.5) is 8.78 Å². The van der Waals surface area contributed by atoms with Gasteiger partial charge in [0.05, 0.1) is 0 Å². The molecule has 0 aliphatic rings. The van der Waals surface area contributed by atoms with Crippen LogP contribution < -0.4 is 0 Å². The summed E-state index contributed by atoms with van der Waals surface area (Å²) in [6.07, 6.45) is 2.11. The van der Waals surface area contributed by atoms with Gasteiger partial charge >= 0.3 is 0 Å². The topological polar surface area (TPSA) is 0 Å². The number of hydrogen-bond acceptors (Lipinski definition) is 0. The summed E-state index contributed by atoms with van der Waals surface area (Å²) in [7, 11) is 0. The van der Waals surface area contributed by atoms with Gasteiger partial charge in [0.25, 0.3) is 0 Å². The molecule has 0 nitrogen and oxygen atoms in total. The van der Waals surface area contributed by atoms with Crippen molar-refractivity contribution < 1.29 is 8.78 Å². The maximum atomic E-state index is 13.5. The van der Waals surface area contributed by atoms with Crippen LogP contribution in [0.2, 0.25) is 0 Å². The Bertz CT molecular complexity index is 505. The van der Waals surface area contributed by atoms with Gasteiger partial charge in [-0.15, -0.1) is 0 Å². The smallest absolute Gasteiger partial charge is 0.129 e. The lowest BCUT2D eigenvalue weighted by atomic mass is 10.0. The summed E-state index contributed by atoms with van der Waals surface area (Å²) in [6, 6.07) is 14.1. The van der Waals surface area contributed by atoms with E-state index in [1.54, 1.807) is 0 Å². The highest BCUT2D eigenvalue weighted by atomic mass is 79.9. The first kappa shape index (κ1) is 14.2. The molecular weight excluding hydrogens is 310 g/mol. The zero-order valence-electron chi connectivity index (χ0n) is 10.5. The second-order valence-electron chi connectivity index (χ2n) is 4.53. The molecule has 1 atom stereocenters. The van der Waals surface area contributed by atoms with Crippen molar-refractivity contribution in [2.24, 2.45) is 0 Å². The van der Waals surface area contributed by atoms with E-state index >= 15 is 0 Å². The molecule has 19 heavy (non-hydrogen) atoms. The minimum absolute atomic E-state index is 0.0686. The molecule has 0 aliphatic heterocycles. The van der Waals surface area contributed by atoms with E-state index in [0.29, 0.717) is 6.42 Å². The molecule has 0 amide bonds. The summed E-state index contributed by atoms with van der Waals surface area (Å²) in [6.45, 7) is 0. The molecule has 0 fully saturated rings. The average Bonchev–Trinajstić information content (AvgIpc) is 2.42. The van der Waals surface area contributed by atoms with Crippen molar-refractivity contribution in [3.05, 3.63) is 71.3 Å². The first-order chi connectivity index (χ1) is 9.16. The second-order valence-corrected chi connectivity index (χ2v) is 5.82. The van der Waals surface area contributed by atoms with E-state index in [-0.39, 0.29) is 10.4 Å². The molecule has 0 aliphatic carbocycles. The normalized spacial score (nSPS) is 12.4. The second kappa shape index (κ2) is 6.80. The molecule has 2 aromatic rings. The van der Waals surface area contributed by atoms with Gasteiger partial charge in [-0.3, -0.25) is 0 Å². The Kier molecular flexibility index (Phi) is 5.08. The van der Waals surface area contributed by atoms with Crippen LogP contribution in [0.25, 0.3) is 0 Å². The van der Waals surface area contributed by atoms with E-state index < -0.39 is 11.6 Å². The summed E-state index contributed by atoms with van der Waals surface area (Å²) < 4.78 is 27.0. The lowest BCUT2D eigenvalue weighted by Crippen LogP contribution is -2.08. The minimum Gasteiger partial charge on any atom is -0.207 e. The molecule has 2 rings (SSSR count). The first-order valence-electron chi connectivity index (χ1n) is 6.27. The summed E-state index contributed by atoms with van der Waals surface area (Å²) in [5.74, 6) is -0.937. The number of halogens is 3. The van der Waals surface area contributed by atoms with Gasteiger partial charge in [-0.25, -0.2) is 8.78 Å². The largest absolute Gasteiger partial charge is 0.207 e. The molecule has 3 heteroatoms. The molecule has 100 valence electrons. The fourth-order valence-corrected chi connectivity index (χ4v) is 2.57. The van der Waals surface area contributed by atoms with Crippen molar-refractivity contribution in [2.75, 3.05) is 0 Å². The third-order valence-electron chi connectivity index (χ3n) is 3.08. The molecule has 0 saturated heterocycles. The SMILES string of the molecule is Fc1cccc(F)c1CC(Br)CCc1ccccc1. The Labute approximate surface area is 120 Å². The van der Waals surface area contributed by atoms with Crippen LogP contribution >= 0.6 is 15.9 Å². The van der Waals surface area contributed by atoms with Crippen LogP contribution in [0.5, 0.6) is 0 Å². The number of alkyl halides is 1. The average molecular weight is 325 g/mol. The van der Waals surface area contributed by atoms with Crippen LogP contribution in [0.3, 0.4) is 0 Å². The summed E-state index contributed by atoms with van der Waals surface area (Å²) in [5, 5.41) is 0. The van der Waals surface area contributed by atoms with E-state index in [1.165, 1.54) is 23.8 Å². The number of rotatable bonds is 5. The molecule has 1 unspecified atom stereocenters. The number of aryl methyl sites for hydroxylation is 1. The predicted octanol–water partition coefficient (Wildman–Crippen LogP) is 4.90. The Morgan fingerprint density at radius 1 is 0.895 bits per heavy atom. The van der Waals surface area contributed by atoms with Crippen molar-refractivity contribution >= 4 is 15.9 Å². The highest BCUT2D eigenvalue weighted by Crippen LogP contribution is 2.20. The van der Waals surface area contributed by atoms with Crippen molar-refractivity contribution in [1.82, 2.24) is 0 Å². The maximum Gasteiger partial charge on any atom is 0.129 e. The number of benzene rings is 2. The van der Waals surface area contributed by atoms with Crippen LogP contribution in [-0.2, 0) is 12.8 Å². The van der Waals surface area contributed by atoms with Crippen LogP contribution in [0.1, 0.15) is 17.5 Å². The summed E-state index contributed by atoms with van der Waals surface area (Å²) in [4.78, 5) is 0.0686. The molecule has 0 saturated carbocycles. The predicted molar refractivity (Wildman–Crippen MR) is 77.5 cm³/mol. The highest BCUT2D eigenvalue weighted by Gasteiger charge is 2.13. The van der Waals surface area contributed by atoms with Crippen molar-refractivity contribution in [1.29, 1.82) is 0 Å².